The number of fused-ring (bicyclic) bond motifs is 1. The smallest absolute Gasteiger partial charge is 0.228 e. The Morgan fingerprint density at radius 3 is 2.62 bits per heavy atom. The van der Waals surface area contributed by atoms with E-state index < -0.39 is 0 Å². The van der Waals surface area contributed by atoms with Gasteiger partial charge in [-0.1, -0.05) is 36.4 Å². The standard InChI is InChI=1S/C19H20N2O3/c22-18-12-15(19(23)20-8-10-24-11-9-20)13-21(18)17-7-3-5-14-4-1-2-6-16(14)17/h1-7,15H,8-13H2. The van der Waals surface area contributed by atoms with Gasteiger partial charge in [0.1, 0.15) is 0 Å². The molecule has 2 aromatic carbocycles. The number of amides is 2. The molecule has 2 amide bonds. The minimum absolute atomic E-state index is 0.0259. The maximum Gasteiger partial charge on any atom is 0.228 e. The Balaban J connectivity index is 1.58. The third-order valence-electron chi connectivity index (χ3n) is 4.85. The van der Waals surface area contributed by atoms with Crippen molar-refractivity contribution in [3.05, 3.63) is 42.5 Å². The van der Waals surface area contributed by atoms with Crippen LogP contribution in [-0.2, 0) is 14.3 Å². The summed E-state index contributed by atoms with van der Waals surface area (Å²) in [5.74, 6) is -0.151. The highest BCUT2D eigenvalue weighted by Gasteiger charge is 2.37. The molecule has 2 heterocycles. The van der Waals surface area contributed by atoms with Gasteiger partial charge in [-0.05, 0) is 11.5 Å². The van der Waals surface area contributed by atoms with Crippen molar-refractivity contribution in [2.75, 3.05) is 37.7 Å². The van der Waals surface area contributed by atoms with Crippen LogP contribution in [0.25, 0.3) is 10.8 Å². The van der Waals surface area contributed by atoms with Crippen LogP contribution in [0.5, 0.6) is 0 Å². The van der Waals surface area contributed by atoms with Crippen LogP contribution in [-0.4, -0.2) is 49.6 Å². The Bertz CT molecular complexity index is 778. The second-order valence-corrected chi connectivity index (χ2v) is 6.34. The Morgan fingerprint density at radius 1 is 1.04 bits per heavy atom. The van der Waals surface area contributed by atoms with Crippen LogP contribution in [0.2, 0.25) is 0 Å². The summed E-state index contributed by atoms with van der Waals surface area (Å²) in [5.41, 5.74) is 0.898. The van der Waals surface area contributed by atoms with E-state index >= 15 is 0 Å². The third kappa shape index (κ3) is 2.65. The van der Waals surface area contributed by atoms with Crippen molar-refractivity contribution >= 4 is 28.3 Å². The lowest BCUT2D eigenvalue weighted by Crippen LogP contribution is -2.44. The summed E-state index contributed by atoms with van der Waals surface area (Å²) in [6.45, 7) is 2.87. The summed E-state index contributed by atoms with van der Waals surface area (Å²) in [5, 5.41) is 2.15. The van der Waals surface area contributed by atoms with Crippen LogP contribution in [0.4, 0.5) is 5.69 Å². The average molecular weight is 324 g/mol. The summed E-state index contributed by atoms with van der Waals surface area (Å²) in [4.78, 5) is 28.8. The summed E-state index contributed by atoms with van der Waals surface area (Å²) in [7, 11) is 0. The number of nitrogens with zero attached hydrogens (tertiary/aromatic N) is 2. The van der Waals surface area contributed by atoms with E-state index in [1.165, 1.54) is 0 Å². The maximum atomic E-state index is 12.7. The number of morpholine rings is 1. The first-order valence-electron chi connectivity index (χ1n) is 8.39. The number of rotatable bonds is 2. The van der Waals surface area contributed by atoms with E-state index in [0.29, 0.717) is 39.3 Å². The molecule has 0 aliphatic carbocycles. The van der Waals surface area contributed by atoms with E-state index in [2.05, 4.69) is 0 Å². The van der Waals surface area contributed by atoms with Crippen molar-refractivity contribution in [1.29, 1.82) is 0 Å². The number of hydrogen-bond donors (Lipinski definition) is 0. The van der Waals surface area contributed by atoms with Gasteiger partial charge in [0.25, 0.3) is 0 Å². The lowest BCUT2D eigenvalue weighted by atomic mass is 10.1. The Labute approximate surface area is 140 Å². The highest BCUT2D eigenvalue weighted by Crippen LogP contribution is 2.32. The molecule has 2 saturated heterocycles. The third-order valence-corrected chi connectivity index (χ3v) is 4.85. The topological polar surface area (TPSA) is 49.9 Å². The molecule has 0 radical (unpaired) electrons. The van der Waals surface area contributed by atoms with E-state index in [9.17, 15) is 9.59 Å². The Hall–Kier alpha value is -2.40. The predicted octanol–water partition coefficient (Wildman–Crippen LogP) is 2.05. The SMILES string of the molecule is O=C(C1CC(=O)N(c2cccc3ccccc23)C1)N1CCOCC1. The molecule has 4 rings (SSSR count). The summed E-state index contributed by atoms with van der Waals surface area (Å²) >= 11 is 0. The molecule has 0 spiro atoms. The van der Waals surface area contributed by atoms with Gasteiger partial charge in [-0.2, -0.15) is 0 Å². The Morgan fingerprint density at radius 2 is 1.79 bits per heavy atom. The molecule has 1 atom stereocenters. The van der Waals surface area contributed by atoms with E-state index in [4.69, 9.17) is 4.74 Å². The van der Waals surface area contributed by atoms with Gasteiger partial charge < -0.3 is 14.5 Å². The molecular formula is C19H20N2O3. The molecule has 24 heavy (non-hydrogen) atoms. The van der Waals surface area contributed by atoms with E-state index in [-0.39, 0.29) is 17.7 Å². The van der Waals surface area contributed by atoms with Crippen LogP contribution >= 0.6 is 0 Å². The van der Waals surface area contributed by atoms with Crippen LogP contribution in [0.1, 0.15) is 6.42 Å². The van der Waals surface area contributed by atoms with Gasteiger partial charge >= 0.3 is 0 Å². The molecule has 2 fully saturated rings. The molecule has 0 saturated carbocycles. The predicted molar refractivity (Wildman–Crippen MR) is 91.8 cm³/mol. The zero-order valence-electron chi connectivity index (χ0n) is 13.5. The Kier molecular flexibility index (Phi) is 3.94. The normalized spacial score (nSPS) is 21.5. The van der Waals surface area contributed by atoms with E-state index in [1.807, 2.05) is 47.4 Å². The molecule has 0 N–H and O–H groups in total. The van der Waals surface area contributed by atoms with Crippen LogP contribution in [0.15, 0.2) is 42.5 Å². The molecule has 5 heteroatoms. The maximum absolute atomic E-state index is 12.7. The van der Waals surface area contributed by atoms with Crippen LogP contribution in [0.3, 0.4) is 0 Å². The van der Waals surface area contributed by atoms with Gasteiger partial charge in [-0.3, -0.25) is 9.59 Å². The van der Waals surface area contributed by atoms with Gasteiger partial charge in [-0.25, -0.2) is 0 Å². The van der Waals surface area contributed by atoms with Crippen LogP contribution < -0.4 is 4.90 Å². The number of benzene rings is 2. The van der Waals surface area contributed by atoms with E-state index in [0.717, 1.165) is 16.5 Å². The number of carbonyl (C=O) groups excluding carboxylic acids is 2. The molecule has 1 unspecified atom stereocenters. The van der Waals surface area contributed by atoms with Crippen molar-refractivity contribution < 1.29 is 14.3 Å². The van der Waals surface area contributed by atoms with Crippen molar-refractivity contribution in [1.82, 2.24) is 4.90 Å². The summed E-state index contributed by atoms with van der Waals surface area (Å²) in [6.07, 6.45) is 0.291. The van der Waals surface area contributed by atoms with E-state index in [1.54, 1.807) is 4.90 Å². The minimum Gasteiger partial charge on any atom is -0.378 e. The fraction of sp³-hybridized carbons (Fsp3) is 0.368. The molecule has 2 aliphatic rings. The largest absolute Gasteiger partial charge is 0.378 e. The van der Waals surface area contributed by atoms with Gasteiger partial charge in [0, 0.05) is 31.4 Å². The fourth-order valence-corrected chi connectivity index (χ4v) is 3.59. The molecule has 124 valence electrons. The first-order valence-corrected chi connectivity index (χ1v) is 8.39. The number of anilines is 1. The van der Waals surface area contributed by atoms with Crippen molar-refractivity contribution in [3.8, 4) is 0 Å². The van der Waals surface area contributed by atoms with Crippen LogP contribution in [0, 0.1) is 5.92 Å². The van der Waals surface area contributed by atoms with Crippen molar-refractivity contribution in [2.45, 2.75) is 6.42 Å². The first-order chi connectivity index (χ1) is 11.7. The number of hydrogen-bond acceptors (Lipinski definition) is 3. The zero-order chi connectivity index (χ0) is 16.5. The quantitative estimate of drug-likeness (QED) is 0.849. The number of ether oxygens (including phenoxy) is 1. The first kappa shape index (κ1) is 15.1. The fourth-order valence-electron chi connectivity index (χ4n) is 3.59. The monoisotopic (exact) mass is 324 g/mol. The van der Waals surface area contributed by atoms with Gasteiger partial charge in [0.2, 0.25) is 11.8 Å². The molecular weight excluding hydrogens is 304 g/mol. The van der Waals surface area contributed by atoms with Crippen molar-refractivity contribution in [3.63, 3.8) is 0 Å². The van der Waals surface area contributed by atoms with Gasteiger partial charge in [0.15, 0.2) is 0 Å². The number of carbonyl (C=O) groups is 2. The average Bonchev–Trinajstić information content (AvgIpc) is 3.03. The lowest BCUT2D eigenvalue weighted by Gasteiger charge is -2.29. The highest BCUT2D eigenvalue weighted by atomic mass is 16.5. The van der Waals surface area contributed by atoms with Crippen molar-refractivity contribution in [2.24, 2.45) is 5.92 Å². The molecule has 0 aromatic heterocycles. The zero-order valence-corrected chi connectivity index (χ0v) is 13.5. The molecule has 2 aliphatic heterocycles. The highest BCUT2D eigenvalue weighted by molar-refractivity contribution is 6.06. The second kappa shape index (κ2) is 6.24. The molecule has 2 aromatic rings. The van der Waals surface area contributed by atoms with Gasteiger partial charge in [0.05, 0.1) is 24.8 Å². The molecule has 5 nitrogen and oxygen atoms in total. The summed E-state index contributed by atoms with van der Waals surface area (Å²) in [6, 6.07) is 14.0. The minimum atomic E-state index is -0.255. The van der Waals surface area contributed by atoms with Gasteiger partial charge in [-0.15, -0.1) is 0 Å². The second-order valence-electron chi connectivity index (χ2n) is 6.34. The summed E-state index contributed by atoms with van der Waals surface area (Å²) < 4.78 is 5.30. The lowest BCUT2D eigenvalue weighted by molar-refractivity contribution is -0.139. The molecule has 0 bridgehead atoms.